The molecule has 6 heteroatoms. The SMILES string of the molecule is Cn1c(=O)c(C(=O)N2CCc3ccccc32)c(O)c2cc(F)ccc21. The third-order valence-electron chi connectivity index (χ3n) is 4.68. The molecule has 0 atom stereocenters. The second kappa shape index (κ2) is 5.44. The van der Waals surface area contributed by atoms with E-state index in [1.165, 1.54) is 28.6 Å². The minimum Gasteiger partial charge on any atom is -0.506 e. The Hall–Kier alpha value is -3.15. The van der Waals surface area contributed by atoms with Crippen LogP contribution < -0.4 is 10.5 Å². The number of pyridine rings is 1. The summed E-state index contributed by atoms with van der Waals surface area (Å²) in [6.07, 6.45) is 0.686. The van der Waals surface area contributed by atoms with E-state index in [1.54, 1.807) is 0 Å². The number of carbonyl (C=O) groups is 1. The number of para-hydroxylation sites is 1. The van der Waals surface area contributed by atoms with Crippen molar-refractivity contribution in [3.8, 4) is 5.75 Å². The fourth-order valence-electron chi connectivity index (χ4n) is 3.38. The van der Waals surface area contributed by atoms with E-state index >= 15 is 0 Å². The van der Waals surface area contributed by atoms with Crippen molar-refractivity contribution >= 4 is 22.5 Å². The normalized spacial score (nSPS) is 13.3. The van der Waals surface area contributed by atoms with E-state index in [9.17, 15) is 19.1 Å². The maximum absolute atomic E-state index is 13.6. The standard InChI is InChI=1S/C19H15FN2O3/c1-21-15-7-6-12(20)10-13(15)17(23)16(18(21)24)19(25)22-9-8-11-4-2-3-5-14(11)22/h2-7,10,23H,8-9H2,1H3. The Balaban J connectivity index is 1.93. The molecule has 1 aromatic heterocycles. The maximum atomic E-state index is 13.6. The van der Waals surface area contributed by atoms with E-state index in [1.807, 2.05) is 24.3 Å². The molecule has 0 aliphatic carbocycles. The lowest BCUT2D eigenvalue weighted by Gasteiger charge is -2.19. The van der Waals surface area contributed by atoms with E-state index in [2.05, 4.69) is 0 Å². The number of nitrogens with zero attached hydrogens (tertiary/aromatic N) is 2. The summed E-state index contributed by atoms with van der Waals surface area (Å²) in [6, 6.07) is 11.2. The Morgan fingerprint density at radius 1 is 1.20 bits per heavy atom. The van der Waals surface area contributed by atoms with Crippen molar-refractivity contribution in [3.05, 3.63) is 69.8 Å². The van der Waals surface area contributed by atoms with E-state index in [0.29, 0.717) is 18.5 Å². The van der Waals surface area contributed by atoms with Gasteiger partial charge < -0.3 is 14.6 Å². The van der Waals surface area contributed by atoms with Gasteiger partial charge >= 0.3 is 0 Å². The first-order valence-corrected chi connectivity index (χ1v) is 7.90. The molecule has 0 unspecified atom stereocenters. The zero-order chi connectivity index (χ0) is 17.7. The number of hydrogen-bond donors (Lipinski definition) is 1. The lowest BCUT2D eigenvalue weighted by atomic mass is 10.1. The molecule has 25 heavy (non-hydrogen) atoms. The summed E-state index contributed by atoms with van der Waals surface area (Å²) >= 11 is 0. The zero-order valence-electron chi connectivity index (χ0n) is 13.5. The summed E-state index contributed by atoms with van der Waals surface area (Å²) in [4.78, 5) is 27.1. The van der Waals surface area contributed by atoms with Crippen molar-refractivity contribution < 1.29 is 14.3 Å². The molecule has 1 N–H and O–H groups in total. The van der Waals surface area contributed by atoms with Crippen LogP contribution in [0.25, 0.3) is 10.9 Å². The number of rotatable bonds is 1. The van der Waals surface area contributed by atoms with Crippen LogP contribution in [0.5, 0.6) is 5.75 Å². The number of benzene rings is 2. The van der Waals surface area contributed by atoms with Gasteiger partial charge in [-0.1, -0.05) is 18.2 Å². The molecule has 0 saturated heterocycles. The molecule has 1 amide bonds. The lowest BCUT2D eigenvalue weighted by Crippen LogP contribution is -2.35. The molecule has 0 radical (unpaired) electrons. The maximum Gasteiger partial charge on any atom is 0.267 e. The molecule has 0 saturated carbocycles. The van der Waals surface area contributed by atoms with Crippen LogP contribution >= 0.6 is 0 Å². The zero-order valence-corrected chi connectivity index (χ0v) is 13.5. The van der Waals surface area contributed by atoms with Crippen LogP contribution in [0.1, 0.15) is 15.9 Å². The summed E-state index contributed by atoms with van der Waals surface area (Å²) in [7, 11) is 1.50. The molecule has 1 aliphatic rings. The Bertz CT molecular complexity index is 1090. The highest BCUT2D eigenvalue weighted by Gasteiger charge is 2.30. The molecule has 0 spiro atoms. The van der Waals surface area contributed by atoms with Crippen molar-refractivity contribution in [2.75, 3.05) is 11.4 Å². The molecule has 2 aromatic carbocycles. The third kappa shape index (κ3) is 2.21. The minimum atomic E-state index is -0.606. The topological polar surface area (TPSA) is 62.5 Å². The summed E-state index contributed by atoms with van der Waals surface area (Å²) < 4.78 is 14.8. The smallest absolute Gasteiger partial charge is 0.267 e. The highest BCUT2D eigenvalue weighted by molar-refractivity contribution is 6.11. The van der Waals surface area contributed by atoms with Gasteiger partial charge in [-0.2, -0.15) is 0 Å². The molecule has 1 aliphatic heterocycles. The average Bonchev–Trinajstić information content (AvgIpc) is 3.04. The Kier molecular flexibility index (Phi) is 3.35. The van der Waals surface area contributed by atoms with E-state index in [4.69, 9.17) is 0 Å². The van der Waals surface area contributed by atoms with Gasteiger partial charge in [0.25, 0.3) is 11.5 Å². The number of hydrogen-bond acceptors (Lipinski definition) is 3. The Morgan fingerprint density at radius 2 is 1.96 bits per heavy atom. The van der Waals surface area contributed by atoms with E-state index < -0.39 is 23.0 Å². The fraction of sp³-hybridized carbons (Fsp3) is 0.158. The number of anilines is 1. The van der Waals surface area contributed by atoms with Gasteiger partial charge in [0.1, 0.15) is 17.1 Å². The molecule has 0 bridgehead atoms. The summed E-state index contributed by atoms with van der Waals surface area (Å²) in [5.74, 6) is -1.60. The number of aromatic hydroxyl groups is 1. The number of aromatic nitrogens is 1. The second-order valence-corrected chi connectivity index (χ2v) is 6.08. The summed E-state index contributed by atoms with van der Waals surface area (Å²) in [5.41, 5.74) is 1.16. The highest BCUT2D eigenvalue weighted by Crippen LogP contribution is 2.32. The molecule has 126 valence electrons. The van der Waals surface area contributed by atoms with Crippen molar-refractivity contribution in [2.45, 2.75) is 6.42 Å². The second-order valence-electron chi connectivity index (χ2n) is 6.08. The molecular weight excluding hydrogens is 323 g/mol. The van der Waals surface area contributed by atoms with Crippen molar-refractivity contribution in [1.29, 1.82) is 0 Å². The van der Waals surface area contributed by atoms with Crippen molar-refractivity contribution in [3.63, 3.8) is 0 Å². The number of halogens is 1. The van der Waals surface area contributed by atoms with E-state index in [0.717, 1.165) is 17.3 Å². The van der Waals surface area contributed by atoms with Crippen molar-refractivity contribution in [1.82, 2.24) is 4.57 Å². The van der Waals surface area contributed by atoms with Crippen LogP contribution in [-0.4, -0.2) is 22.1 Å². The Labute approximate surface area is 142 Å². The number of carbonyl (C=O) groups excluding carboxylic acids is 1. The van der Waals surface area contributed by atoms with Gasteiger partial charge in [0, 0.05) is 24.7 Å². The van der Waals surface area contributed by atoms with Gasteiger partial charge in [0.05, 0.1) is 5.52 Å². The first-order chi connectivity index (χ1) is 12.0. The number of amides is 1. The van der Waals surface area contributed by atoms with E-state index in [-0.39, 0.29) is 10.9 Å². The first kappa shape index (κ1) is 15.4. The fourth-order valence-corrected chi connectivity index (χ4v) is 3.38. The van der Waals surface area contributed by atoms with Crippen LogP contribution in [-0.2, 0) is 13.5 Å². The van der Waals surface area contributed by atoms with Crippen molar-refractivity contribution in [2.24, 2.45) is 7.05 Å². The average molecular weight is 338 g/mol. The molecule has 5 nitrogen and oxygen atoms in total. The van der Waals surface area contributed by atoms with Crippen LogP contribution in [0, 0.1) is 5.82 Å². The Morgan fingerprint density at radius 3 is 2.76 bits per heavy atom. The van der Waals surface area contributed by atoms with Gasteiger partial charge in [-0.05, 0) is 36.2 Å². The van der Waals surface area contributed by atoms with Gasteiger partial charge in [-0.3, -0.25) is 9.59 Å². The molecule has 3 aromatic rings. The monoisotopic (exact) mass is 338 g/mol. The first-order valence-electron chi connectivity index (χ1n) is 7.90. The predicted molar refractivity (Wildman–Crippen MR) is 92.6 cm³/mol. The molecule has 4 rings (SSSR count). The van der Waals surface area contributed by atoms with Gasteiger partial charge in [-0.25, -0.2) is 4.39 Å². The quantitative estimate of drug-likeness (QED) is 0.742. The molecule has 2 heterocycles. The largest absolute Gasteiger partial charge is 0.506 e. The number of aryl methyl sites for hydroxylation is 1. The highest BCUT2D eigenvalue weighted by atomic mass is 19.1. The third-order valence-corrected chi connectivity index (χ3v) is 4.68. The minimum absolute atomic E-state index is 0.137. The summed E-state index contributed by atoms with van der Waals surface area (Å²) in [6.45, 7) is 0.433. The molecular formula is C19H15FN2O3. The summed E-state index contributed by atoms with van der Waals surface area (Å²) in [5, 5.41) is 10.7. The molecule has 0 fully saturated rings. The van der Waals surface area contributed by atoms with Crippen LogP contribution in [0.4, 0.5) is 10.1 Å². The predicted octanol–water partition coefficient (Wildman–Crippen LogP) is 2.59. The number of fused-ring (bicyclic) bond motifs is 2. The lowest BCUT2D eigenvalue weighted by molar-refractivity contribution is 0.0985. The van der Waals surface area contributed by atoms with Crippen LogP contribution in [0.15, 0.2) is 47.3 Å². The van der Waals surface area contributed by atoms with Gasteiger partial charge in [0.2, 0.25) is 0 Å². The van der Waals surface area contributed by atoms with Crippen LogP contribution in [0.3, 0.4) is 0 Å². The van der Waals surface area contributed by atoms with Gasteiger partial charge in [0.15, 0.2) is 0 Å². The van der Waals surface area contributed by atoms with Crippen LogP contribution in [0.2, 0.25) is 0 Å². The van der Waals surface area contributed by atoms with Gasteiger partial charge in [-0.15, -0.1) is 0 Å².